The van der Waals surface area contributed by atoms with Crippen LogP contribution in [0.25, 0.3) is 16.5 Å². The van der Waals surface area contributed by atoms with Gasteiger partial charge in [0.2, 0.25) is 0 Å². The Morgan fingerprint density at radius 2 is 1.76 bits per heavy atom. The molecule has 2 fully saturated rings. The Labute approximate surface area is 218 Å². The van der Waals surface area contributed by atoms with Gasteiger partial charge in [-0.25, -0.2) is 4.68 Å². The van der Waals surface area contributed by atoms with Gasteiger partial charge in [0.25, 0.3) is 0 Å². The molecule has 0 bridgehead atoms. The summed E-state index contributed by atoms with van der Waals surface area (Å²) in [5, 5.41) is 5.78. The summed E-state index contributed by atoms with van der Waals surface area (Å²) in [6.07, 6.45) is 10.5. The van der Waals surface area contributed by atoms with Crippen LogP contribution < -0.4 is 9.64 Å². The summed E-state index contributed by atoms with van der Waals surface area (Å²) in [7, 11) is 3.46. The van der Waals surface area contributed by atoms with Crippen molar-refractivity contribution in [3.05, 3.63) is 59.8 Å². The number of piperidine rings is 1. The highest BCUT2D eigenvalue weighted by molar-refractivity contribution is 5.95. The Kier molecular flexibility index (Phi) is 7.18. The topological polar surface area (TPSA) is 58.0 Å². The van der Waals surface area contributed by atoms with Crippen LogP contribution in [0.4, 0.5) is 5.69 Å². The van der Waals surface area contributed by atoms with Crippen LogP contribution in [0.2, 0.25) is 0 Å². The lowest BCUT2D eigenvalue weighted by Gasteiger charge is -2.36. The fourth-order valence-corrected chi connectivity index (χ4v) is 6.12. The molecule has 7 heteroatoms. The van der Waals surface area contributed by atoms with Gasteiger partial charge in [0.05, 0.1) is 23.7 Å². The molecule has 37 heavy (non-hydrogen) atoms. The molecule has 6 rings (SSSR count). The molecule has 0 N–H and O–H groups in total. The Morgan fingerprint density at radius 3 is 2.49 bits per heavy atom. The second-order valence-electron chi connectivity index (χ2n) is 10.3. The molecule has 3 aliphatic rings. The fourth-order valence-electron chi connectivity index (χ4n) is 6.12. The average Bonchev–Trinajstić information content (AvgIpc) is 3.28. The minimum Gasteiger partial charge on any atom is -0.492 e. The van der Waals surface area contributed by atoms with Crippen molar-refractivity contribution in [1.29, 1.82) is 0 Å². The zero-order chi connectivity index (χ0) is 25.2. The molecule has 0 aliphatic carbocycles. The van der Waals surface area contributed by atoms with Gasteiger partial charge in [-0.15, -0.1) is 0 Å². The van der Waals surface area contributed by atoms with Gasteiger partial charge in [0.1, 0.15) is 5.75 Å². The lowest BCUT2D eigenvalue weighted by Crippen LogP contribution is -2.39. The van der Waals surface area contributed by atoms with E-state index in [9.17, 15) is 0 Å². The summed E-state index contributed by atoms with van der Waals surface area (Å²) >= 11 is 0. The van der Waals surface area contributed by atoms with Crippen LogP contribution in [0.5, 0.6) is 5.75 Å². The van der Waals surface area contributed by atoms with Crippen molar-refractivity contribution >= 4 is 22.2 Å². The standard InChI is InChI=1S/C30H37N3O4/c1-34-30(35-2)22-14-16-32(17-15-22)23-10-8-21(9-11-23)24-6-5-19-37-29-25(24)12-13-27-26(29)20-31-33(27)28-7-3-4-18-36-28/h6,8-13,20,22,28,30H,3-5,7,14-19H2,1-2H3. The number of rotatable bonds is 6. The van der Waals surface area contributed by atoms with Crippen LogP contribution in [-0.4, -0.2) is 56.6 Å². The summed E-state index contributed by atoms with van der Waals surface area (Å²) in [5.41, 5.74) is 5.92. The van der Waals surface area contributed by atoms with E-state index in [1.165, 1.54) is 23.2 Å². The normalized spacial score (nSPS) is 21.0. The molecule has 7 nitrogen and oxygen atoms in total. The van der Waals surface area contributed by atoms with Crippen LogP contribution >= 0.6 is 0 Å². The largest absolute Gasteiger partial charge is 0.492 e. The molecule has 0 saturated carbocycles. The smallest absolute Gasteiger partial charge is 0.159 e. The Bertz CT molecular complexity index is 1230. The molecule has 4 heterocycles. The van der Waals surface area contributed by atoms with Gasteiger partial charge >= 0.3 is 0 Å². The van der Waals surface area contributed by atoms with E-state index < -0.39 is 0 Å². The lowest BCUT2D eigenvalue weighted by molar-refractivity contribution is -0.141. The lowest BCUT2D eigenvalue weighted by atomic mass is 9.94. The van der Waals surface area contributed by atoms with Crippen molar-refractivity contribution in [2.24, 2.45) is 5.92 Å². The molecule has 0 radical (unpaired) electrons. The van der Waals surface area contributed by atoms with Gasteiger partial charge in [-0.1, -0.05) is 18.2 Å². The van der Waals surface area contributed by atoms with Crippen molar-refractivity contribution in [3.63, 3.8) is 0 Å². The maximum atomic E-state index is 6.31. The average molecular weight is 504 g/mol. The van der Waals surface area contributed by atoms with Gasteiger partial charge < -0.3 is 23.8 Å². The second kappa shape index (κ2) is 10.9. The number of ether oxygens (including phenoxy) is 4. The summed E-state index contributed by atoms with van der Waals surface area (Å²) in [5.74, 6) is 1.38. The van der Waals surface area contributed by atoms with Crippen molar-refractivity contribution in [3.8, 4) is 5.75 Å². The van der Waals surface area contributed by atoms with E-state index in [-0.39, 0.29) is 12.5 Å². The van der Waals surface area contributed by atoms with E-state index in [1.54, 1.807) is 14.2 Å². The highest BCUT2D eigenvalue weighted by atomic mass is 16.7. The van der Waals surface area contributed by atoms with E-state index in [0.29, 0.717) is 12.5 Å². The second-order valence-corrected chi connectivity index (χ2v) is 10.3. The van der Waals surface area contributed by atoms with Crippen LogP contribution in [-0.2, 0) is 14.2 Å². The number of hydrogen-bond donors (Lipinski definition) is 0. The number of hydrogen-bond acceptors (Lipinski definition) is 6. The highest BCUT2D eigenvalue weighted by Crippen LogP contribution is 2.40. The maximum Gasteiger partial charge on any atom is 0.159 e. The maximum absolute atomic E-state index is 6.31. The molecule has 3 aromatic rings. The quantitative estimate of drug-likeness (QED) is 0.397. The van der Waals surface area contributed by atoms with Gasteiger partial charge in [-0.2, -0.15) is 5.10 Å². The van der Waals surface area contributed by atoms with Crippen LogP contribution in [0.1, 0.15) is 55.9 Å². The van der Waals surface area contributed by atoms with Crippen molar-refractivity contribution < 1.29 is 18.9 Å². The monoisotopic (exact) mass is 503 g/mol. The van der Waals surface area contributed by atoms with Crippen LogP contribution in [0.3, 0.4) is 0 Å². The van der Waals surface area contributed by atoms with Gasteiger partial charge in [-0.3, -0.25) is 0 Å². The summed E-state index contributed by atoms with van der Waals surface area (Å²) in [6, 6.07) is 13.4. The molecule has 0 amide bonds. The number of methoxy groups -OCH3 is 2. The van der Waals surface area contributed by atoms with Crippen molar-refractivity contribution in [2.45, 2.75) is 51.0 Å². The molecule has 1 unspecified atom stereocenters. The molecule has 2 aromatic carbocycles. The number of anilines is 1. The molecule has 0 spiro atoms. The van der Waals surface area contributed by atoms with E-state index in [4.69, 9.17) is 24.0 Å². The van der Waals surface area contributed by atoms with Crippen LogP contribution in [0.15, 0.2) is 48.7 Å². The molecule has 1 aromatic heterocycles. The first kappa shape index (κ1) is 24.5. The van der Waals surface area contributed by atoms with E-state index in [0.717, 1.165) is 74.0 Å². The van der Waals surface area contributed by atoms with Crippen molar-refractivity contribution in [2.75, 3.05) is 45.4 Å². The number of fused-ring (bicyclic) bond motifs is 3. The first-order valence-electron chi connectivity index (χ1n) is 13.6. The van der Waals surface area contributed by atoms with Gasteiger partial charge in [0.15, 0.2) is 12.5 Å². The molecule has 3 aliphatic heterocycles. The van der Waals surface area contributed by atoms with Crippen LogP contribution in [0, 0.1) is 5.92 Å². The Morgan fingerprint density at radius 1 is 0.946 bits per heavy atom. The van der Waals surface area contributed by atoms with Gasteiger partial charge in [-0.05, 0) is 67.5 Å². The van der Waals surface area contributed by atoms with Crippen molar-refractivity contribution in [1.82, 2.24) is 9.78 Å². The van der Waals surface area contributed by atoms with Gasteiger partial charge in [0, 0.05) is 57.5 Å². The fraction of sp³-hybridized carbons (Fsp3) is 0.500. The number of nitrogens with zero attached hydrogens (tertiary/aromatic N) is 3. The Balaban J connectivity index is 1.23. The summed E-state index contributed by atoms with van der Waals surface area (Å²) in [4.78, 5) is 2.46. The number of benzene rings is 2. The Hall–Kier alpha value is -2.87. The third kappa shape index (κ3) is 4.76. The first-order chi connectivity index (χ1) is 18.3. The first-order valence-corrected chi connectivity index (χ1v) is 13.6. The molecule has 2 saturated heterocycles. The number of aromatic nitrogens is 2. The summed E-state index contributed by atoms with van der Waals surface area (Å²) < 4.78 is 25.3. The molecule has 196 valence electrons. The molecule has 1 atom stereocenters. The third-order valence-electron chi connectivity index (χ3n) is 8.10. The van der Waals surface area contributed by atoms with E-state index >= 15 is 0 Å². The molecular formula is C30H37N3O4. The third-order valence-corrected chi connectivity index (χ3v) is 8.10. The predicted octanol–water partition coefficient (Wildman–Crippen LogP) is 5.78. The predicted molar refractivity (Wildman–Crippen MR) is 145 cm³/mol. The zero-order valence-electron chi connectivity index (χ0n) is 21.9. The molecular weight excluding hydrogens is 466 g/mol. The highest BCUT2D eigenvalue weighted by Gasteiger charge is 2.27. The minimum absolute atomic E-state index is 0.0117. The van der Waals surface area contributed by atoms with E-state index in [2.05, 4.69) is 47.4 Å². The zero-order valence-corrected chi connectivity index (χ0v) is 21.9. The summed E-state index contributed by atoms with van der Waals surface area (Å²) in [6.45, 7) is 3.49. The SMILES string of the molecule is COC(OC)C1CCN(c2ccc(C3=CCCOc4c3ccc3c4cnn3C3CCCCO3)cc2)CC1. The van der Waals surface area contributed by atoms with E-state index in [1.807, 2.05) is 10.9 Å². The minimum atomic E-state index is -0.109.